The Morgan fingerprint density at radius 3 is 2.25 bits per heavy atom. The van der Waals surface area contributed by atoms with Crippen molar-refractivity contribution >= 4 is 5.97 Å². The molecule has 0 saturated heterocycles. The number of nitrogens with zero attached hydrogens (tertiary/aromatic N) is 1. The number of carbonyl (C=O) groups is 1. The van der Waals surface area contributed by atoms with Gasteiger partial charge in [-0.25, -0.2) is 0 Å². The number of hydrogen-bond acceptors (Lipinski definition) is 2. The Hall–Kier alpha value is -0.570. The number of rotatable bonds is 4. The third-order valence-corrected chi connectivity index (χ3v) is 4.38. The summed E-state index contributed by atoms with van der Waals surface area (Å²) in [5, 5.41) is 9.61. The molecule has 0 aromatic carbocycles. The first-order chi connectivity index (χ1) is 7.60. The highest BCUT2D eigenvalue weighted by Crippen LogP contribution is 2.42. The molecule has 1 N–H and O–H groups in total. The van der Waals surface area contributed by atoms with Crippen LogP contribution in [0.3, 0.4) is 0 Å². The molecule has 0 aliphatic heterocycles. The highest BCUT2D eigenvalue weighted by molar-refractivity contribution is 5.79. The minimum Gasteiger partial charge on any atom is -0.480 e. The molecule has 2 fully saturated rings. The first-order valence-corrected chi connectivity index (χ1v) is 6.60. The maximum Gasteiger partial charge on any atom is 0.324 e. The van der Waals surface area contributed by atoms with Crippen LogP contribution >= 0.6 is 0 Å². The van der Waals surface area contributed by atoms with Gasteiger partial charge in [0.05, 0.1) is 0 Å². The van der Waals surface area contributed by atoms with Crippen LogP contribution in [0.4, 0.5) is 0 Å². The Morgan fingerprint density at radius 1 is 1.31 bits per heavy atom. The largest absolute Gasteiger partial charge is 0.480 e. The van der Waals surface area contributed by atoms with E-state index in [0.29, 0.717) is 12.0 Å². The van der Waals surface area contributed by atoms with Crippen molar-refractivity contribution in [2.45, 2.75) is 64.0 Å². The van der Waals surface area contributed by atoms with Crippen molar-refractivity contribution < 1.29 is 9.90 Å². The molecule has 0 aromatic rings. The normalized spacial score (nSPS) is 35.3. The Labute approximate surface area is 97.8 Å². The quantitative estimate of drug-likeness (QED) is 0.799. The van der Waals surface area contributed by atoms with Gasteiger partial charge in [-0.15, -0.1) is 0 Å². The third-order valence-electron chi connectivity index (χ3n) is 4.38. The molecule has 0 amide bonds. The molecule has 0 bridgehead atoms. The average molecular weight is 225 g/mol. The van der Waals surface area contributed by atoms with E-state index in [1.165, 1.54) is 12.8 Å². The van der Waals surface area contributed by atoms with Crippen molar-refractivity contribution in [1.82, 2.24) is 4.90 Å². The van der Waals surface area contributed by atoms with E-state index in [0.717, 1.165) is 32.2 Å². The maximum absolute atomic E-state index is 11.7. The molecule has 16 heavy (non-hydrogen) atoms. The lowest BCUT2D eigenvalue weighted by Crippen LogP contribution is -2.57. The standard InChI is InChI=1S/C13H23NO2/c1-3-14(11-4-5-11)13(12(15)16)8-6-10(2)7-9-13/h10-11H,3-9H2,1-2H3,(H,15,16). The predicted octanol–water partition coefficient (Wildman–Crippen LogP) is 2.50. The van der Waals surface area contributed by atoms with Gasteiger partial charge in [0.2, 0.25) is 0 Å². The fourth-order valence-corrected chi connectivity index (χ4v) is 3.16. The first-order valence-electron chi connectivity index (χ1n) is 6.60. The molecule has 2 aliphatic carbocycles. The van der Waals surface area contributed by atoms with E-state index in [1.807, 2.05) is 0 Å². The van der Waals surface area contributed by atoms with Crippen molar-refractivity contribution in [2.24, 2.45) is 5.92 Å². The van der Waals surface area contributed by atoms with Gasteiger partial charge in [0, 0.05) is 6.04 Å². The molecule has 92 valence electrons. The van der Waals surface area contributed by atoms with Crippen LogP contribution in [0.25, 0.3) is 0 Å². The molecular formula is C13H23NO2. The zero-order valence-electron chi connectivity index (χ0n) is 10.4. The highest BCUT2D eigenvalue weighted by Gasteiger charge is 2.50. The van der Waals surface area contributed by atoms with Crippen LogP contribution in [0.1, 0.15) is 52.4 Å². The third kappa shape index (κ3) is 1.97. The molecule has 2 saturated carbocycles. The van der Waals surface area contributed by atoms with Gasteiger partial charge in [-0.2, -0.15) is 0 Å². The summed E-state index contributed by atoms with van der Waals surface area (Å²) in [6.07, 6.45) is 6.20. The van der Waals surface area contributed by atoms with Gasteiger partial charge in [0.1, 0.15) is 5.54 Å². The topological polar surface area (TPSA) is 40.5 Å². The zero-order chi connectivity index (χ0) is 11.8. The zero-order valence-corrected chi connectivity index (χ0v) is 10.4. The number of hydrogen-bond donors (Lipinski definition) is 1. The predicted molar refractivity (Wildman–Crippen MR) is 63.4 cm³/mol. The smallest absolute Gasteiger partial charge is 0.324 e. The van der Waals surface area contributed by atoms with Gasteiger partial charge in [0.25, 0.3) is 0 Å². The number of aliphatic carboxylic acids is 1. The fraction of sp³-hybridized carbons (Fsp3) is 0.923. The average Bonchev–Trinajstić information content (AvgIpc) is 3.06. The molecule has 3 nitrogen and oxygen atoms in total. The van der Waals surface area contributed by atoms with Crippen molar-refractivity contribution in [3.63, 3.8) is 0 Å². The number of carboxylic acids is 1. The minimum absolute atomic E-state index is 0.539. The van der Waals surface area contributed by atoms with E-state index < -0.39 is 11.5 Å². The van der Waals surface area contributed by atoms with Gasteiger partial charge in [0.15, 0.2) is 0 Å². The maximum atomic E-state index is 11.7. The fourth-order valence-electron chi connectivity index (χ4n) is 3.16. The van der Waals surface area contributed by atoms with Crippen LogP contribution in [0.2, 0.25) is 0 Å². The molecule has 0 unspecified atom stereocenters. The summed E-state index contributed by atoms with van der Waals surface area (Å²) in [7, 11) is 0. The molecule has 0 heterocycles. The summed E-state index contributed by atoms with van der Waals surface area (Å²) in [4.78, 5) is 13.9. The molecule has 0 atom stereocenters. The van der Waals surface area contributed by atoms with Crippen LogP contribution in [-0.4, -0.2) is 34.1 Å². The van der Waals surface area contributed by atoms with E-state index in [4.69, 9.17) is 0 Å². The van der Waals surface area contributed by atoms with Crippen molar-refractivity contribution in [3.8, 4) is 0 Å². The van der Waals surface area contributed by atoms with Crippen molar-refractivity contribution in [3.05, 3.63) is 0 Å². The monoisotopic (exact) mass is 225 g/mol. The van der Waals surface area contributed by atoms with Crippen LogP contribution in [0, 0.1) is 5.92 Å². The van der Waals surface area contributed by atoms with Gasteiger partial charge in [-0.3, -0.25) is 9.69 Å². The lowest BCUT2D eigenvalue weighted by atomic mass is 9.76. The van der Waals surface area contributed by atoms with Crippen molar-refractivity contribution in [2.75, 3.05) is 6.54 Å². The van der Waals surface area contributed by atoms with Crippen molar-refractivity contribution in [1.29, 1.82) is 0 Å². The van der Waals surface area contributed by atoms with E-state index >= 15 is 0 Å². The molecule has 0 spiro atoms. The summed E-state index contributed by atoms with van der Waals surface area (Å²) in [6.45, 7) is 5.21. The van der Waals surface area contributed by atoms with Crippen LogP contribution in [0.15, 0.2) is 0 Å². The van der Waals surface area contributed by atoms with Gasteiger partial charge >= 0.3 is 5.97 Å². The Balaban J connectivity index is 2.17. The Bertz CT molecular complexity index is 265. The molecular weight excluding hydrogens is 202 g/mol. The lowest BCUT2D eigenvalue weighted by Gasteiger charge is -2.44. The van der Waals surface area contributed by atoms with Crippen LogP contribution in [0.5, 0.6) is 0 Å². The number of likely N-dealkylation sites (N-methyl/N-ethyl adjacent to an activating group) is 1. The number of carboxylic acid groups (broad SMARTS) is 1. The first kappa shape index (κ1) is 11.9. The summed E-state index contributed by atoms with van der Waals surface area (Å²) in [5.74, 6) is 0.110. The summed E-state index contributed by atoms with van der Waals surface area (Å²) in [5.41, 5.74) is -0.539. The van der Waals surface area contributed by atoms with Gasteiger partial charge in [-0.05, 0) is 51.0 Å². The van der Waals surface area contributed by atoms with E-state index in [-0.39, 0.29) is 0 Å². The van der Waals surface area contributed by atoms with E-state index in [9.17, 15) is 9.90 Å². The lowest BCUT2D eigenvalue weighted by molar-refractivity contribution is -0.155. The van der Waals surface area contributed by atoms with E-state index in [1.54, 1.807) is 0 Å². The SMILES string of the molecule is CCN(C1CC1)C1(C(=O)O)CCC(C)CC1. The van der Waals surface area contributed by atoms with Gasteiger partial charge in [-0.1, -0.05) is 13.8 Å². The molecule has 2 aliphatic rings. The van der Waals surface area contributed by atoms with Crippen LogP contribution < -0.4 is 0 Å². The molecule has 2 rings (SSSR count). The van der Waals surface area contributed by atoms with Gasteiger partial charge < -0.3 is 5.11 Å². The summed E-state index contributed by atoms with van der Waals surface area (Å²) in [6, 6.07) is 0.550. The molecule has 3 heteroatoms. The second kappa shape index (κ2) is 4.36. The Morgan fingerprint density at radius 2 is 1.88 bits per heavy atom. The highest BCUT2D eigenvalue weighted by atomic mass is 16.4. The molecule has 0 radical (unpaired) electrons. The molecule has 0 aromatic heterocycles. The minimum atomic E-state index is -0.590. The Kier molecular flexibility index (Phi) is 3.24. The summed E-state index contributed by atoms with van der Waals surface area (Å²) >= 11 is 0. The summed E-state index contributed by atoms with van der Waals surface area (Å²) < 4.78 is 0. The second-order valence-corrected chi connectivity index (χ2v) is 5.54. The van der Waals surface area contributed by atoms with E-state index in [2.05, 4.69) is 18.7 Å². The van der Waals surface area contributed by atoms with Crippen LogP contribution in [-0.2, 0) is 4.79 Å². The second-order valence-electron chi connectivity index (χ2n) is 5.54.